The van der Waals surface area contributed by atoms with Crippen LogP contribution in [0.1, 0.15) is 19.3 Å². The zero-order valence-corrected chi connectivity index (χ0v) is 16.2. The minimum absolute atomic E-state index is 0.358. The van der Waals surface area contributed by atoms with Gasteiger partial charge in [0.25, 0.3) is 0 Å². The van der Waals surface area contributed by atoms with Gasteiger partial charge in [-0.05, 0) is 31.4 Å². The van der Waals surface area contributed by atoms with E-state index < -0.39 is 10.0 Å². The summed E-state index contributed by atoms with van der Waals surface area (Å²) in [6.45, 7) is 4.48. The molecule has 0 saturated carbocycles. The van der Waals surface area contributed by atoms with Gasteiger partial charge in [-0.25, -0.2) is 18.4 Å². The number of rotatable bonds is 4. The molecule has 0 aliphatic carbocycles. The van der Waals surface area contributed by atoms with Crippen LogP contribution in [0.15, 0.2) is 47.6 Å². The highest BCUT2D eigenvalue weighted by atomic mass is 32.2. The SMILES string of the molecule is O=S(=O)(c1ccccc1)N1CCCN(c2cc(N3CCCC3)ncn2)CC1. The zero-order valence-electron chi connectivity index (χ0n) is 15.4. The first kappa shape index (κ1) is 18.2. The Bertz CT molecular complexity index is 869. The van der Waals surface area contributed by atoms with Crippen molar-refractivity contribution in [3.05, 3.63) is 42.7 Å². The van der Waals surface area contributed by atoms with Crippen molar-refractivity contribution in [3.8, 4) is 0 Å². The Morgan fingerprint density at radius 1 is 0.741 bits per heavy atom. The largest absolute Gasteiger partial charge is 0.356 e. The van der Waals surface area contributed by atoms with Gasteiger partial charge in [0.05, 0.1) is 4.90 Å². The van der Waals surface area contributed by atoms with Gasteiger partial charge < -0.3 is 9.80 Å². The minimum atomic E-state index is -3.45. The molecule has 0 N–H and O–H groups in total. The quantitative estimate of drug-likeness (QED) is 0.799. The van der Waals surface area contributed by atoms with Gasteiger partial charge >= 0.3 is 0 Å². The summed E-state index contributed by atoms with van der Waals surface area (Å²) in [6, 6.07) is 10.7. The molecule has 0 atom stereocenters. The predicted molar refractivity (Wildman–Crippen MR) is 106 cm³/mol. The standard InChI is InChI=1S/C19H25N5O2S/c25-27(26,17-7-2-1-3-8-17)24-12-6-11-23(13-14-24)19-15-18(20-16-21-19)22-9-4-5-10-22/h1-3,7-8,15-16H,4-6,9-14H2. The number of aromatic nitrogens is 2. The lowest BCUT2D eigenvalue weighted by molar-refractivity contribution is 0.433. The summed E-state index contributed by atoms with van der Waals surface area (Å²) in [5.41, 5.74) is 0. The van der Waals surface area contributed by atoms with E-state index in [9.17, 15) is 8.42 Å². The Balaban J connectivity index is 1.48. The fraction of sp³-hybridized carbons (Fsp3) is 0.474. The first-order valence-electron chi connectivity index (χ1n) is 9.52. The molecule has 4 rings (SSSR count). The molecule has 8 heteroatoms. The zero-order chi connectivity index (χ0) is 18.7. The number of hydrogen-bond donors (Lipinski definition) is 0. The van der Waals surface area contributed by atoms with Crippen molar-refractivity contribution >= 4 is 21.7 Å². The van der Waals surface area contributed by atoms with Crippen LogP contribution < -0.4 is 9.80 Å². The van der Waals surface area contributed by atoms with Gasteiger partial charge in [-0.3, -0.25) is 0 Å². The molecule has 0 radical (unpaired) electrons. The van der Waals surface area contributed by atoms with Crippen LogP contribution in [0.4, 0.5) is 11.6 Å². The van der Waals surface area contributed by atoms with Gasteiger partial charge in [0.1, 0.15) is 18.0 Å². The van der Waals surface area contributed by atoms with E-state index in [-0.39, 0.29) is 0 Å². The highest BCUT2D eigenvalue weighted by Gasteiger charge is 2.27. The highest BCUT2D eigenvalue weighted by molar-refractivity contribution is 7.89. The first-order chi connectivity index (χ1) is 13.1. The summed E-state index contributed by atoms with van der Waals surface area (Å²) in [4.78, 5) is 13.7. The van der Waals surface area contributed by atoms with Gasteiger partial charge in [-0.2, -0.15) is 4.31 Å². The number of hydrogen-bond acceptors (Lipinski definition) is 6. The fourth-order valence-electron chi connectivity index (χ4n) is 3.73. The maximum absolute atomic E-state index is 12.9. The minimum Gasteiger partial charge on any atom is -0.356 e. The van der Waals surface area contributed by atoms with Crippen molar-refractivity contribution in [2.45, 2.75) is 24.2 Å². The number of sulfonamides is 1. The molecular weight excluding hydrogens is 362 g/mol. The van der Waals surface area contributed by atoms with E-state index >= 15 is 0 Å². The van der Waals surface area contributed by atoms with Gasteiger partial charge in [0, 0.05) is 45.3 Å². The fourth-order valence-corrected chi connectivity index (χ4v) is 5.22. The van der Waals surface area contributed by atoms with E-state index in [2.05, 4.69) is 19.8 Å². The van der Waals surface area contributed by atoms with Crippen molar-refractivity contribution in [2.75, 3.05) is 49.1 Å². The summed E-state index contributed by atoms with van der Waals surface area (Å²) in [5, 5.41) is 0. The van der Waals surface area contributed by atoms with Crippen molar-refractivity contribution < 1.29 is 8.42 Å². The molecule has 2 aliphatic rings. The van der Waals surface area contributed by atoms with Crippen LogP contribution in [-0.2, 0) is 10.0 Å². The molecular formula is C19H25N5O2S. The second kappa shape index (κ2) is 7.82. The summed E-state index contributed by atoms with van der Waals surface area (Å²) >= 11 is 0. The van der Waals surface area contributed by atoms with E-state index in [1.165, 1.54) is 12.8 Å². The predicted octanol–water partition coefficient (Wildman–Crippen LogP) is 1.98. The molecule has 144 valence electrons. The molecule has 1 aromatic carbocycles. The number of nitrogens with zero attached hydrogens (tertiary/aromatic N) is 5. The Hall–Kier alpha value is -2.19. The van der Waals surface area contributed by atoms with Crippen LogP contribution in [0.25, 0.3) is 0 Å². The molecule has 27 heavy (non-hydrogen) atoms. The van der Waals surface area contributed by atoms with Crippen LogP contribution in [-0.4, -0.2) is 62.0 Å². The van der Waals surface area contributed by atoms with Crippen molar-refractivity contribution in [1.82, 2.24) is 14.3 Å². The van der Waals surface area contributed by atoms with E-state index in [0.29, 0.717) is 24.5 Å². The molecule has 2 saturated heterocycles. The van der Waals surface area contributed by atoms with E-state index in [0.717, 1.165) is 37.7 Å². The lowest BCUT2D eigenvalue weighted by Gasteiger charge is -2.24. The molecule has 2 fully saturated rings. The van der Waals surface area contributed by atoms with E-state index in [4.69, 9.17) is 0 Å². The monoisotopic (exact) mass is 387 g/mol. The van der Waals surface area contributed by atoms with Crippen molar-refractivity contribution in [2.24, 2.45) is 0 Å². The molecule has 1 aromatic heterocycles. The van der Waals surface area contributed by atoms with Crippen LogP contribution in [0.2, 0.25) is 0 Å². The highest BCUT2D eigenvalue weighted by Crippen LogP contribution is 2.23. The van der Waals surface area contributed by atoms with Crippen LogP contribution in [0.5, 0.6) is 0 Å². The lowest BCUT2D eigenvalue weighted by Crippen LogP contribution is -2.35. The molecule has 3 heterocycles. The molecule has 0 unspecified atom stereocenters. The lowest BCUT2D eigenvalue weighted by atomic mass is 10.3. The topological polar surface area (TPSA) is 69.6 Å². The van der Waals surface area contributed by atoms with E-state index in [1.807, 2.05) is 12.1 Å². The second-order valence-electron chi connectivity index (χ2n) is 6.99. The van der Waals surface area contributed by atoms with E-state index in [1.54, 1.807) is 34.9 Å². The average Bonchev–Trinajstić information content (AvgIpc) is 3.13. The molecule has 2 aromatic rings. The van der Waals surface area contributed by atoms with Crippen molar-refractivity contribution in [3.63, 3.8) is 0 Å². The number of benzene rings is 1. The van der Waals surface area contributed by atoms with Gasteiger partial charge in [0.15, 0.2) is 0 Å². The van der Waals surface area contributed by atoms with Crippen LogP contribution in [0, 0.1) is 0 Å². The Morgan fingerprint density at radius 2 is 1.37 bits per heavy atom. The molecule has 2 aliphatic heterocycles. The third-order valence-electron chi connectivity index (χ3n) is 5.23. The molecule has 0 bridgehead atoms. The Labute approximate surface area is 160 Å². The van der Waals surface area contributed by atoms with Crippen LogP contribution >= 0.6 is 0 Å². The first-order valence-corrected chi connectivity index (χ1v) is 11.0. The average molecular weight is 388 g/mol. The Kier molecular flexibility index (Phi) is 5.27. The third-order valence-corrected chi connectivity index (χ3v) is 7.14. The molecule has 0 spiro atoms. The molecule has 7 nitrogen and oxygen atoms in total. The van der Waals surface area contributed by atoms with Gasteiger partial charge in [0.2, 0.25) is 10.0 Å². The second-order valence-corrected chi connectivity index (χ2v) is 8.92. The summed E-state index contributed by atoms with van der Waals surface area (Å²) in [6.07, 6.45) is 4.80. The normalized spacial score (nSPS) is 19.3. The van der Waals surface area contributed by atoms with Crippen molar-refractivity contribution in [1.29, 1.82) is 0 Å². The molecule has 0 amide bonds. The van der Waals surface area contributed by atoms with Gasteiger partial charge in [-0.15, -0.1) is 0 Å². The Morgan fingerprint density at radius 3 is 2.07 bits per heavy atom. The number of anilines is 2. The van der Waals surface area contributed by atoms with Gasteiger partial charge in [-0.1, -0.05) is 18.2 Å². The third kappa shape index (κ3) is 3.91. The summed E-state index contributed by atoms with van der Waals surface area (Å²) < 4.78 is 27.4. The summed E-state index contributed by atoms with van der Waals surface area (Å²) in [7, 11) is -3.45. The maximum Gasteiger partial charge on any atom is 0.243 e. The smallest absolute Gasteiger partial charge is 0.243 e. The summed E-state index contributed by atoms with van der Waals surface area (Å²) in [5.74, 6) is 1.85. The maximum atomic E-state index is 12.9. The van der Waals surface area contributed by atoms with Crippen LogP contribution in [0.3, 0.4) is 0 Å².